The Morgan fingerprint density at radius 3 is 2.76 bits per heavy atom. The van der Waals surface area contributed by atoms with Gasteiger partial charge in [0.05, 0.1) is 6.61 Å². The smallest absolute Gasteiger partial charge is 0.224 e. The normalized spacial score (nSPS) is 18.0. The third kappa shape index (κ3) is 5.48. The number of benzene rings is 1. The molecular weight excluding hydrogens is 316 g/mol. The fourth-order valence-corrected chi connectivity index (χ4v) is 3.60. The fourth-order valence-electron chi connectivity index (χ4n) is 3.60. The predicted molar refractivity (Wildman–Crippen MR) is 97.8 cm³/mol. The van der Waals surface area contributed by atoms with Gasteiger partial charge in [-0.25, -0.2) is 0 Å². The third-order valence-corrected chi connectivity index (χ3v) is 5.01. The Kier molecular flexibility index (Phi) is 6.31. The molecule has 1 aliphatic heterocycles. The average Bonchev–Trinajstić information content (AvgIpc) is 2.87. The van der Waals surface area contributed by atoms with Crippen molar-refractivity contribution in [2.24, 2.45) is 0 Å². The number of hydrogen-bond acceptors (Lipinski definition) is 3. The molecule has 2 N–H and O–H groups in total. The van der Waals surface area contributed by atoms with Crippen LogP contribution in [0.2, 0.25) is 0 Å². The second kappa shape index (κ2) is 8.88. The third-order valence-electron chi connectivity index (χ3n) is 5.01. The lowest BCUT2D eigenvalue weighted by Crippen LogP contribution is -2.34. The number of hydrogen-bond donors (Lipinski definition) is 2. The summed E-state index contributed by atoms with van der Waals surface area (Å²) in [5.41, 5.74) is 1.99. The van der Waals surface area contributed by atoms with Crippen LogP contribution in [0.15, 0.2) is 18.2 Å². The van der Waals surface area contributed by atoms with Crippen LogP contribution >= 0.6 is 0 Å². The molecule has 0 spiro atoms. The number of ether oxygens (including phenoxy) is 1. The highest BCUT2D eigenvalue weighted by molar-refractivity contribution is 5.94. The van der Waals surface area contributed by atoms with Gasteiger partial charge in [-0.2, -0.15) is 0 Å². The van der Waals surface area contributed by atoms with Crippen LogP contribution in [0.4, 0.5) is 5.69 Å². The topological polar surface area (TPSA) is 67.4 Å². The molecule has 25 heavy (non-hydrogen) atoms. The van der Waals surface area contributed by atoms with Gasteiger partial charge in [0.1, 0.15) is 5.75 Å². The Labute approximate surface area is 149 Å². The van der Waals surface area contributed by atoms with Gasteiger partial charge < -0.3 is 15.4 Å². The molecule has 1 aromatic carbocycles. The van der Waals surface area contributed by atoms with E-state index in [1.807, 2.05) is 18.2 Å². The molecule has 5 nitrogen and oxygen atoms in total. The summed E-state index contributed by atoms with van der Waals surface area (Å²) in [5, 5.41) is 6.03. The minimum Gasteiger partial charge on any atom is -0.494 e. The molecule has 0 aromatic heterocycles. The highest BCUT2D eigenvalue weighted by atomic mass is 16.5. The van der Waals surface area contributed by atoms with Crippen molar-refractivity contribution in [1.29, 1.82) is 0 Å². The molecule has 0 saturated heterocycles. The van der Waals surface area contributed by atoms with E-state index in [1.54, 1.807) is 0 Å². The van der Waals surface area contributed by atoms with Crippen LogP contribution in [0.5, 0.6) is 5.75 Å². The Bertz CT molecular complexity index is 607. The van der Waals surface area contributed by atoms with Crippen molar-refractivity contribution in [1.82, 2.24) is 5.32 Å². The summed E-state index contributed by atoms with van der Waals surface area (Å²) in [6.07, 6.45) is 9.79. The zero-order chi connectivity index (χ0) is 17.5. The SMILES string of the molecule is O=C1CCc2cc(OCCCC(=O)NC3CCCCCC3)ccc2N1. The number of anilines is 1. The summed E-state index contributed by atoms with van der Waals surface area (Å²) in [7, 11) is 0. The minimum atomic E-state index is 0.0702. The van der Waals surface area contributed by atoms with Crippen molar-refractivity contribution in [2.75, 3.05) is 11.9 Å². The second-order valence-electron chi connectivity index (χ2n) is 7.08. The molecule has 0 unspecified atom stereocenters. The van der Waals surface area contributed by atoms with Crippen LogP contribution in [0.3, 0.4) is 0 Å². The van der Waals surface area contributed by atoms with Gasteiger partial charge in [-0.3, -0.25) is 9.59 Å². The van der Waals surface area contributed by atoms with Crippen molar-refractivity contribution in [3.8, 4) is 5.75 Å². The number of carbonyl (C=O) groups is 2. The molecule has 3 rings (SSSR count). The van der Waals surface area contributed by atoms with Crippen LogP contribution in [0, 0.1) is 0 Å². The van der Waals surface area contributed by atoms with E-state index in [-0.39, 0.29) is 11.8 Å². The van der Waals surface area contributed by atoms with Crippen LogP contribution in [0.1, 0.15) is 63.4 Å². The molecule has 0 radical (unpaired) electrons. The lowest BCUT2D eigenvalue weighted by atomic mass is 10.0. The number of aryl methyl sites for hydroxylation is 1. The van der Waals surface area contributed by atoms with E-state index in [1.165, 1.54) is 25.7 Å². The molecule has 1 aliphatic carbocycles. The first kappa shape index (κ1) is 17.8. The zero-order valence-corrected chi connectivity index (χ0v) is 14.8. The quantitative estimate of drug-likeness (QED) is 0.612. The molecule has 0 bridgehead atoms. The van der Waals surface area contributed by atoms with Gasteiger partial charge in [0, 0.05) is 24.6 Å². The molecule has 1 saturated carbocycles. The molecule has 136 valence electrons. The first-order valence-electron chi connectivity index (χ1n) is 9.55. The zero-order valence-electron chi connectivity index (χ0n) is 14.8. The summed E-state index contributed by atoms with van der Waals surface area (Å²) >= 11 is 0. The molecule has 1 fully saturated rings. The lowest BCUT2D eigenvalue weighted by molar-refractivity contribution is -0.122. The number of amides is 2. The lowest BCUT2D eigenvalue weighted by Gasteiger charge is -2.18. The summed E-state index contributed by atoms with van der Waals surface area (Å²) in [4.78, 5) is 23.4. The molecule has 2 aliphatic rings. The standard InChI is InChI=1S/C20H28N2O3/c23-19(21-16-6-3-1-2-4-7-16)8-5-13-25-17-10-11-18-15(14-17)9-12-20(24)22-18/h10-11,14,16H,1-9,12-13H2,(H,21,23)(H,22,24). The first-order chi connectivity index (χ1) is 12.2. The van der Waals surface area contributed by atoms with Gasteiger partial charge in [0.25, 0.3) is 0 Å². The van der Waals surface area contributed by atoms with Crippen LogP contribution in [-0.2, 0) is 16.0 Å². The summed E-state index contributed by atoms with van der Waals surface area (Å²) in [6.45, 7) is 0.531. The summed E-state index contributed by atoms with van der Waals surface area (Å²) in [6, 6.07) is 6.11. The van der Waals surface area contributed by atoms with Gasteiger partial charge in [-0.05, 0) is 49.4 Å². The Morgan fingerprint density at radius 2 is 1.96 bits per heavy atom. The molecule has 2 amide bonds. The van der Waals surface area contributed by atoms with E-state index in [0.29, 0.717) is 31.9 Å². The van der Waals surface area contributed by atoms with Crippen molar-refractivity contribution >= 4 is 17.5 Å². The Hall–Kier alpha value is -2.04. The van der Waals surface area contributed by atoms with Gasteiger partial charge in [0.2, 0.25) is 11.8 Å². The number of carbonyl (C=O) groups excluding carboxylic acids is 2. The predicted octanol–water partition coefficient (Wildman–Crippen LogP) is 3.57. The number of nitrogens with one attached hydrogen (secondary N) is 2. The minimum absolute atomic E-state index is 0.0702. The van der Waals surface area contributed by atoms with Gasteiger partial charge in [0.15, 0.2) is 0 Å². The van der Waals surface area contributed by atoms with Crippen molar-refractivity contribution in [2.45, 2.75) is 70.3 Å². The molecule has 1 heterocycles. The Morgan fingerprint density at radius 1 is 1.16 bits per heavy atom. The van der Waals surface area contributed by atoms with Crippen LogP contribution in [-0.4, -0.2) is 24.5 Å². The highest BCUT2D eigenvalue weighted by Crippen LogP contribution is 2.26. The highest BCUT2D eigenvalue weighted by Gasteiger charge is 2.16. The van der Waals surface area contributed by atoms with Gasteiger partial charge in [-0.15, -0.1) is 0 Å². The first-order valence-corrected chi connectivity index (χ1v) is 9.55. The van der Waals surface area contributed by atoms with Crippen LogP contribution < -0.4 is 15.4 Å². The fraction of sp³-hybridized carbons (Fsp3) is 0.600. The number of fused-ring (bicyclic) bond motifs is 1. The van der Waals surface area contributed by atoms with E-state index < -0.39 is 0 Å². The van der Waals surface area contributed by atoms with E-state index in [0.717, 1.165) is 36.3 Å². The Balaban J connectivity index is 1.36. The van der Waals surface area contributed by atoms with Gasteiger partial charge >= 0.3 is 0 Å². The summed E-state index contributed by atoms with van der Waals surface area (Å²) < 4.78 is 5.77. The maximum Gasteiger partial charge on any atom is 0.224 e. The average molecular weight is 344 g/mol. The van der Waals surface area contributed by atoms with Crippen LogP contribution in [0.25, 0.3) is 0 Å². The summed E-state index contributed by atoms with van der Waals surface area (Å²) in [5.74, 6) is 1.02. The van der Waals surface area contributed by atoms with Crippen molar-refractivity contribution in [3.05, 3.63) is 23.8 Å². The van der Waals surface area contributed by atoms with E-state index in [4.69, 9.17) is 4.74 Å². The van der Waals surface area contributed by atoms with Gasteiger partial charge in [-0.1, -0.05) is 25.7 Å². The molecule has 1 aromatic rings. The van der Waals surface area contributed by atoms with E-state index in [2.05, 4.69) is 10.6 Å². The largest absolute Gasteiger partial charge is 0.494 e. The maximum atomic E-state index is 12.1. The molecule has 0 atom stereocenters. The second-order valence-corrected chi connectivity index (χ2v) is 7.08. The maximum absolute atomic E-state index is 12.1. The van der Waals surface area contributed by atoms with E-state index in [9.17, 15) is 9.59 Å². The number of rotatable bonds is 6. The van der Waals surface area contributed by atoms with E-state index >= 15 is 0 Å². The molecule has 5 heteroatoms. The van der Waals surface area contributed by atoms with Crippen molar-refractivity contribution in [3.63, 3.8) is 0 Å². The monoisotopic (exact) mass is 344 g/mol. The molecular formula is C20H28N2O3. The van der Waals surface area contributed by atoms with Crippen molar-refractivity contribution < 1.29 is 14.3 Å².